The van der Waals surface area contributed by atoms with Crippen LogP contribution in [-0.2, 0) is 4.79 Å². The molecule has 1 atom stereocenters. The van der Waals surface area contributed by atoms with Crippen LogP contribution in [-0.4, -0.2) is 49.3 Å². The number of benzene rings is 2. The molecule has 2 heterocycles. The molecule has 0 aliphatic carbocycles. The van der Waals surface area contributed by atoms with Crippen molar-refractivity contribution in [1.29, 1.82) is 0 Å². The molecule has 1 aromatic heterocycles. The Bertz CT molecular complexity index is 1620. The molecule has 0 bridgehead atoms. The average molecular weight is 546 g/mol. The second-order valence-corrected chi connectivity index (χ2v) is 9.74. The Hall–Kier alpha value is -4.29. The number of amides is 1. The molecule has 2 aromatic carbocycles. The minimum Gasteiger partial charge on any atom is -0.497 e. The van der Waals surface area contributed by atoms with E-state index in [0.29, 0.717) is 56.5 Å². The number of carbonyl (C=O) groups excluding carboxylic acids is 1. The summed E-state index contributed by atoms with van der Waals surface area (Å²) in [5.41, 5.74) is 2.20. The van der Waals surface area contributed by atoms with Gasteiger partial charge in [0.1, 0.15) is 29.9 Å². The third-order valence-corrected chi connectivity index (χ3v) is 7.52. The lowest BCUT2D eigenvalue weighted by Crippen LogP contribution is -2.43. The van der Waals surface area contributed by atoms with E-state index in [0.717, 1.165) is 5.56 Å². The van der Waals surface area contributed by atoms with Crippen LogP contribution in [0.5, 0.6) is 17.2 Å². The van der Waals surface area contributed by atoms with E-state index in [2.05, 4.69) is 5.92 Å². The predicted octanol–water partition coefficient (Wildman–Crippen LogP) is 3.13. The first-order chi connectivity index (χ1) is 18.9. The molecular formula is C30H31N3O5S. The third-order valence-electron chi connectivity index (χ3n) is 6.53. The summed E-state index contributed by atoms with van der Waals surface area (Å²) in [6.07, 6.45) is 7.07. The van der Waals surface area contributed by atoms with Crippen LogP contribution in [0.25, 0.3) is 6.08 Å². The molecule has 0 saturated carbocycles. The molecule has 8 nitrogen and oxygen atoms in total. The number of terminal acetylenes is 1. The molecule has 1 aliphatic rings. The number of methoxy groups -OCH3 is 2. The fourth-order valence-electron chi connectivity index (χ4n) is 4.56. The van der Waals surface area contributed by atoms with Crippen molar-refractivity contribution in [3.8, 4) is 29.6 Å². The van der Waals surface area contributed by atoms with Gasteiger partial charge in [0.05, 0.1) is 30.0 Å². The lowest BCUT2D eigenvalue weighted by molar-refractivity contribution is -0.127. The van der Waals surface area contributed by atoms with Crippen molar-refractivity contribution in [2.45, 2.75) is 26.8 Å². The van der Waals surface area contributed by atoms with E-state index in [1.54, 1.807) is 54.0 Å². The Labute approximate surface area is 231 Å². The zero-order valence-electron chi connectivity index (χ0n) is 22.7. The van der Waals surface area contributed by atoms with Crippen LogP contribution >= 0.6 is 11.3 Å². The molecule has 9 heteroatoms. The molecule has 202 valence electrons. The monoisotopic (exact) mass is 545 g/mol. The second kappa shape index (κ2) is 12.0. The Balaban J connectivity index is 1.94. The largest absolute Gasteiger partial charge is 0.497 e. The molecule has 3 aromatic rings. The lowest BCUT2D eigenvalue weighted by Gasteiger charge is -2.30. The highest BCUT2D eigenvalue weighted by Gasteiger charge is 2.36. The number of thiazole rings is 1. The molecule has 0 unspecified atom stereocenters. The third kappa shape index (κ3) is 5.47. The molecule has 4 rings (SSSR count). The summed E-state index contributed by atoms with van der Waals surface area (Å²) in [4.78, 5) is 34.7. The average Bonchev–Trinajstić information content (AvgIpc) is 3.25. The summed E-state index contributed by atoms with van der Waals surface area (Å²) in [7, 11) is 3.14. The first kappa shape index (κ1) is 27.7. The Morgan fingerprint density at radius 1 is 1.13 bits per heavy atom. The van der Waals surface area contributed by atoms with Gasteiger partial charge in [-0.3, -0.25) is 14.2 Å². The van der Waals surface area contributed by atoms with Gasteiger partial charge < -0.3 is 19.1 Å². The molecule has 0 radical (unpaired) electrons. The van der Waals surface area contributed by atoms with E-state index in [4.69, 9.17) is 25.6 Å². The number of allylic oxidation sites excluding steroid dienone is 1. The van der Waals surface area contributed by atoms with Gasteiger partial charge in [-0.25, -0.2) is 4.99 Å². The maximum atomic E-state index is 14.0. The first-order valence-corrected chi connectivity index (χ1v) is 13.4. The predicted molar refractivity (Wildman–Crippen MR) is 152 cm³/mol. The summed E-state index contributed by atoms with van der Waals surface area (Å²) in [6, 6.07) is 11.9. The fraction of sp³-hybridized carbons (Fsp3) is 0.300. The van der Waals surface area contributed by atoms with Crippen molar-refractivity contribution in [2.24, 2.45) is 4.99 Å². The highest BCUT2D eigenvalue weighted by molar-refractivity contribution is 7.07. The van der Waals surface area contributed by atoms with Crippen LogP contribution in [0.2, 0.25) is 0 Å². The van der Waals surface area contributed by atoms with Gasteiger partial charge in [0.15, 0.2) is 4.80 Å². The summed E-state index contributed by atoms with van der Waals surface area (Å²) in [5.74, 6) is 4.04. The molecule has 0 spiro atoms. The van der Waals surface area contributed by atoms with E-state index in [-0.39, 0.29) is 18.1 Å². The van der Waals surface area contributed by atoms with E-state index in [1.807, 2.05) is 39.0 Å². The topological polar surface area (TPSA) is 82.4 Å². The normalized spacial score (nSPS) is 14.8. The van der Waals surface area contributed by atoms with Crippen molar-refractivity contribution in [3.63, 3.8) is 0 Å². The quantitative estimate of drug-likeness (QED) is 0.386. The summed E-state index contributed by atoms with van der Waals surface area (Å²) in [6.45, 7) is 6.90. The number of rotatable bonds is 9. The first-order valence-electron chi connectivity index (χ1n) is 12.6. The van der Waals surface area contributed by atoms with Gasteiger partial charge in [0, 0.05) is 18.7 Å². The highest BCUT2D eigenvalue weighted by Crippen LogP contribution is 2.38. The van der Waals surface area contributed by atoms with Crippen molar-refractivity contribution in [1.82, 2.24) is 9.47 Å². The van der Waals surface area contributed by atoms with Crippen molar-refractivity contribution >= 4 is 23.3 Å². The number of aromatic nitrogens is 1. The smallest absolute Gasteiger partial charge is 0.271 e. The molecule has 0 N–H and O–H groups in total. The van der Waals surface area contributed by atoms with Gasteiger partial charge in [-0.15, -0.1) is 6.42 Å². The van der Waals surface area contributed by atoms with Gasteiger partial charge in [-0.1, -0.05) is 29.4 Å². The number of carbonyl (C=O) groups is 1. The number of hydrogen-bond acceptors (Lipinski definition) is 7. The van der Waals surface area contributed by atoms with Gasteiger partial charge in [-0.2, -0.15) is 0 Å². The van der Waals surface area contributed by atoms with Gasteiger partial charge in [-0.05, 0) is 62.7 Å². The van der Waals surface area contributed by atoms with Crippen LogP contribution < -0.4 is 29.1 Å². The Morgan fingerprint density at radius 2 is 1.82 bits per heavy atom. The molecule has 0 saturated heterocycles. The fourth-order valence-corrected chi connectivity index (χ4v) is 5.61. The zero-order valence-corrected chi connectivity index (χ0v) is 23.5. The van der Waals surface area contributed by atoms with Crippen LogP contribution in [0.15, 0.2) is 63.5 Å². The number of nitrogens with zero attached hydrogens (tertiary/aromatic N) is 3. The maximum Gasteiger partial charge on any atom is 0.271 e. The van der Waals surface area contributed by atoms with Crippen LogP contribution in [0.3, 0.4) is 0 Å². The summed E-state index contributed by atoms with van der Waals surface area (Å²) < 4.78 is 18.7. The SMILES string of the molecule is C#CCOc1ccc(/C=c2/sc3n(c2=O)[C@H](c2cc(OC)ccc2OC)C(C(=O)N(CC)CC)=C(C)N=3)cc1. The van der Waals surface area contributed by atoms with Crippen molar-refractivity contribution in [3.05, 3.63) is 84.5 Å². The zero-order chi connectivity index (χ0) is 28.1. The van der Waals surface area contributed by atoms with Gasteiger partial charge >= 0.3 is 0 Å². The molecular weight excluding hydrogens is 514 g/mol. The van der Waals surface area contributed by atoms with Crippen LogP contribution in [0.1, 0.15) is 37.9 Å². The number of hydrogen-bond donors (Lipinski definition) is 0. The highest BCUT2D eigenvalue weighted by atomic mass is 32.1. The number of fused-ring (bicyclic) bond motifs is 1. The maximum absolute atomic E-state index is 14.0. The summed E-state index contributed by atoms with van der Waals surface area (Å²) in [5, 5.41) is 0. The molecule has 1 aliphatic heterocycles. The Morgan fingerprint density at radius 3 is 2.44 bits per heavy atom. The van der Waals surface area contributed by atoms with Gasteiger partial charge in [0.2, 0.25) is 0 Å². The lowest BCUT2D eigenvalue weighted by atomic mass is 9.93. The minimum atomic E-state index is -0.749. The molecule has 0 fully saturated rings. The van der Waals surface area contributed by atoms with E-state index < -0.39 is 6.04 Å². The van der Waals surface area contributed by atoms with E-state index in [9.17, 15) is 9.59 Å². The molecule has 1 amide bonds. The van der Waals surface area contributed by atoms with Crippen LogP contribution in [0, 0.1) is 12.3 Å². The Kier molecular flexibility index (Phi) is 8.57. The van der Waals surface area contributed by atoms with E-state index in [1.165, 1.54) is 11.3 Å². The van der Waals surface area contributed by atoms with Crippen molar-refractivity contribution < 1.29 is 19.0 Å². The number of likely N-dealkylation sites (N-methyl/N-ethyl adjacent to an activating group) is 1. The minimum absolute atomic E-state index is 0.173. The summed E-state index contributed by atoms with van der Waals surface area (Å²) >= 11 is 1.27. The number of ether oxygens (including phenoxy) is 3. The standard InChI is InChI=1S/C30H31N3O5S/c1-7-16-38-21-12-10-20(11-13-21)17-25-28(34)33-27(23-18-22(36-5)14-15-24(23)37-6)26(19(4)31-30(33)39-25)29(35)32(8-2)9-3/h1,10-15,17-18,27H,8-9,16H2,2-6H3/b25-17+/t27-/m1/s1. The van der Waals surface area contributed by atoms with Gasteiger partial charge in [0.25, 0.3) is 11.5 Å². The van der Waals surface area contributed by atoms with Crippen molar-refractivity contribution in [2.75, 3.05) is 33.9 Å². The van der Waals surface area contributed by atoms with E-state index >= 15 is 0 Å². The second-order valence-electron chi connectivity index (χ2n) is 8.73. The van der Waals surface area contributed by atoms with Crippen LogP contribution in [0.4, 0.5) is 0 Å². The molecule has 39 heavy (non-hydrogen) atoms.